The first-order valence-electron chi connectivity index (χ1n) is 11.5. The molecule has 4 aromatic rings. The lowest BCUT2D eigenvalue weighted by atomic mass is 9.70. The van der Waals surface area contributed by atoms with Crippen LogP contribution in [0.2, 0.25) is 0 Å². The van der Waals surface area contributed by atoms with Gasteiger partial charge < -0.3 is 14.5 Å². The second kappa shape index (κ2) is 9.71. The summed E-state index contributed by atoms with van der Waals surface area (Å²) >= 11 is 0. The number of hydrogen-bond donors (Lipinski definition) is 3. The van der Waals surface area contributed by atoms with Crippen LogP contribution in [0, 0.1) is 5.82 Å². The van der Waals surface area contributed by atoms with Gasteiger partial charge in [0, 0.05) is 24.4 Å². The van der Waals surface area contributed by atoms with E-state index in [1.54, 1.807) is 18.3 Å². The summed E-state index contributed by atoms with van der Waals surface area (Å²) < 4.78 is 64.7. The average molecular weight is 518 g/mol. The van der Waals surface area contributed by atoms with Crippen molar-refractivity contribution in [2.24, 2.45) is 0 Å². The Morgan fingerprint density at radius 3 is 2.54 bits per heavy atom. The van der Waals surface area contributed by atoms with Crippen molar-refractivity contribution >= 4 is 11.6 Å². The largest absolute Gasteiger partial charge is 0.487 e. The van der Waals surface area contributed by atoms with Crippen LogP contribution in [-0.4, -0.2) is 31.5 Å². The SMILES string of the molecule is O=c1[nH]nc([C@]2(Cc3cccc(Nc4cc[nH]n4)n3)CC[C@@H](Oc3cccc(C(F)(F)F)c3F)CC2)o1. The number of rotatable bonds is 7. The predicted octanol–water partition coefficient (Wildman–Crippen LogP) is 4.88. The fourth-order valence-electron chi connectivity index (χ4n) is 4.64. The molecule has 3 aromatic heterocycles. The van der Waals surface area contributed by atoms with Crippen LogP contribution in [0.5, 0.6) is 5.75 Å². The number of anilines is 2. The lowest BCUT2D eigenvalue weighted by Crippen LogP contribution is -2.38. The van der Waals surface area contributed by atoms with Crippen LogP contribution in [0.15, 0.2) is 57.9 Å². The lowest BCUT2D eigenvalue weighted by Gasteiger charge is -2.37. The van der Waals surface area contributed by atoms with Gasteiger partial charge in [0.15, 0.2) is 17.4 Å². The Morgan fingerprint density at radius 2 is 1.86 bits per heavy atom. The lowest BCUT2D eigenvalue weighted by molar-refractivity contribution is -0.140. The van der Waals surface area contributed by atoms with E-state index in [0.29, 0.717) is 55.5 Å². The van der Waals surface area contributed by atoms with Gasteiger partial charge in [-0.3, -0.25) is 5.10 Å². The van der Waals surface area contributed by atoms with Gasteiger partial charge in [0.05, 0.1) is 17.1 Å². The summed E-state index contributed by atoms with van der Waals surface area (Å²) in [6.07, 6.45) is -1.72. The van der Waals surface area contributed by atoms with E-state index in [-0.39, 0.29) is 5.89 Å². The van der Waals surface area contributed by atoms with E-state index in [0.717, 1.165) is 6.07 Å². The molecular formula is C24H22F4N6O3. The molecule has 0 radical (unpaired) electrons. The molecule has 9 nitrogen and oxygen atoms in total. The standard InChI is InChI=1S/C24H22F4N6O3/c25-20-16(24(26,27)28)4-2-5-17(20)36-15-7-10-23(11-8-15,21-33-34-22(35)37-21)13-14-3-1-6-18(30-14)31-19-9-12-29-32-19/h1-6,9,12,15H,7-8,10-11,13H2,(H,34,35)(H2,29,30,31,32)/t15-,23-. The van der Waals surface area contributed by atoms with Gasteiger partial charge in [0.1, 0.15) is 5.82 Å². The van der Waals surface area contributed by atoms with Gasteiger partial charge in [-0.1, -0.05) is 12.1 Å². The summed E-state index contributed by atoms with van der Waals surface area (Å²) in [6.45, 7) is 0. The van der Waals surface area contributed by atoms with Gasteiger partial charge in [-0.25, -0.2) is 19.3 Å². The average Bonchev–Trinajstić information content (AvgIpc) is 3.53. The molecule has 1 aromatic carbocycles. The minimum atomic E-state index is -4.82. The topological polar surface area (TPSA) is 122 Å². The number of hydrogen-bond acceptors (Lipinski definition) is 7. The zero-order chi connectivity index (χ0) is 26.0. The van der Waals surface area contributed by atoms with E-state index in [1.165, 1.54) is 6.07 Å². The summed E-state index contributed by atoms with van der Waals surface area (Å²) in [7, 11) is 0. The predicted molar refractivity (Wildman–Crippen MR) is 123 cm³/mol. The van der Waals surface area contributed by atoms with Gasteiger partial charge in [-0.15, -0.1) is 5.10 Å². The van der Waals surface area contributed by atoms with E-state index in [9.17, 15) is 22.4 Å². The van der Waals surface area contributed by atoms with Crippen LogP contribution in [0.3, 0.4) is 0 Å². The summed E-state index contributed by atoms with van der Waals surface area (Å²) in [4.78, 5) is 16.4. The van der Waals surface area contributed by atoms with Crippen LogP contribution < -0.4 is 15.8 Å². The Labute approximate surface area is 207 Å². The second-order valence-corrected chi connectivity index (χ2v) is 8.91. The molecule has 1 fully saturated rings. The number of aromatic nitrogens is 5. The monoisotopic (exact) mass is 518 g/mol. The van der Waals surface area contributed by atoms with E-state index in [4.69, 9.17) is 9.15 Å². The Hall–Kier alpha value is -4.16. The fraction of sp³-hybridized carbons (Fsp3) is 0.333. The second-order valence-electron chi connectivity index (χ2n) is 8.91. The van der Waals surface area contributed by atoms with Crippen molar-refractivity contribution in [3.05, 3.63) is 82.2 Å². The molecule has 37 heavy (non-hydrogen) atoms. The van der Waals surface area contributed by atoms with Crippen molar-refractivity contribution in [3.63, 3.8) is 0 Å². The first-order valence-corrected chi connectivity index (χ1v) is 11.5. The highest BCUT2D eigenvalue weighted by molar-refractivity contribution is 5.50. The summed E-state index contributed by atoms with van der Waals surface area (Å²) in [6, 6.07) is 10.2. The first-order chi connectivity index (χ1) is 17.7. The number of aromatic amines is 2. The number of nitrogens with one attached hydrogen (secondary N) is 3. The maximum atomic E-state index is 14.5. The number of alkyl halides is 3. The molecule has 0 saturated heterocycles. The molecule has 13 heteroatoms. The van der Waals surface area contributed by atoms with Crippen LogP contribution in [-0.2, 0) is 18.0 Å². The normalized spacial score (nSPS) is 20.1. The summed E-state index contributed by atoms with van der Waals surface area (Å²) in [5.41, 5.74) is -1.39. The van der Waals surface area contributed by atoms with Crippen LogP contribution >= 0.6 is 0 Å². The third-order valence-electron chi connectivity index (χ3n) is 6.43. The van der Waals surface area contributed by atoms with Gasteiger partial charge >= 0.3 is 11.9 Å². The van der Waals surface area contributed by atoms with Gasteiger partial charge in [-0.05, 0) is 49.9 Å². The number of benzene rings is 1. The van der Waals surface area contributed by atoms with E-state index < -0.39 is 40.6 Å². The van der Waals surface area contributed by atoms with Crippen molar-refractivity contribution in [1.29, 1.82) is 0 Å². The van der Waals surface area contributed by atoms with Crippen molar-refractivity contribution in [2.75, 3.05) is 5.32 Å². The Morgan fingerprint density at radius 1 is 1.08 bits per heavy atom. The van der Waals surface area contributed by atoms with E-state index in [1.807, 2.05) is 12.1 Å². The van der Waals surface area contributed by atoms with Crippen LogP contribution in [0.25, 0.3) is 0 Å². The van der Waals surface area contributed by atoms with Crippen molar-refractivity contribution in [2.45, 2.75) is 49.8 Å². The molecule has 0 aliphatic heterocycles. The van der Waals surface area contributed by atoms with Gasteiger partial charge in [0.2, 0.25) is 5.89 Å². The molecule has 3 N–H and O–H groups in total. The first kappa shape index (κ1) is 24.5. The van der Waals surface area contributed by atoms with E-state index >= 15 is 0 Å². The fourth-order valence-corrected chi connectivity index (χ4v) is 4.64. The van der Waals surface area contributed by atoms with Crippen LogP contribution in [0.1, 0.15) is 42.8 Å². The molecule has 5 rings (SSSR count). The molecule has 194 valence electrons. The van der Waals surface area contributed by atoms with Gasteiger partial charge in [-0.2, -0.15) is 18.3 Å². The smallest absolute Gasteiger partial charge is 0.434 e. The highest BCUT2D eigenvalue weighted by atomic mass is 19.4. The molecule has 3 heterocycles. The Kier molecular flexibility index (Phi) is 6.44. The quantitative estimate of drug-likeness (QED) is 0.298. The number of ether oxygens (including phenoxy) is 1. The molecule has 0 unspecified atom stereocenters. The Bertz CT molecular complexity index is 1410. The van der Waals surface area contributed by atoms with Crippen molar-refractivity contribution < 1.29 is 26.7 Å². The number of H-pyrrole nitrogens is 2. The van der Waals surface area contributed by atoms with Gasteiger partial charge in [0.25, 0.3) is 0 Å². The molecule has 1 saturated carbocycles. The van der Waals surface area contributed by atoms with Crippen LogP contribution in [0.4, 0.5) is 29.2 Å². The minimum absolute atomic E-state index is 0.216. The number of pyridine rings is 1. The number of nitrogens with zero attached hydrogens (tertiary/aromatic N) is 3. The molecule has 1 aliphatic rings. The molecular weight excluding hydrogens is 496 g/mol. The maximum Gasteiger partial charge on any atom is 0.434 e. The highest BCUT2D eigenvalue weighted by Gasteiger charge is 2.43. The molecule has 0 amide bonds. The van der Waals surface area contributed by atoms with E-state index in [2.05, 4.69) is 30.7 Å². The van der Waals surface area contributed by atoms with Crippen molar-refractivity contribution in [1.82, 2.24) is 25.4 Å². The molecule has 1 aliphatic carbocycles. The Balaban J connectivity index is 1.34. The summed E-state index contributed by atoms with van der Waals surface area (Å²) in [5, 5.41) is 16.2. The third kappa shape index (κ3) is 5.34. The van der Waals surface area contributed by atoms with Crippen molar-refractivity contribution in [3.8, 4) is 5.75 Å². The molecule has 0 spiro atoms. The molecule has 0 bridgehead atoms. The molecule has 0 atom stereocenters. The number of halogens is 4. The highest BCUT2D eigenvalue weighted by Crippen LogP contribution is 2.43. The zero-order valence-corrected chi connectivity index (χ0v) is 19.3. The summed E-state index contributed by atoms with van der Waals surface area (Å²) in [5.74, 6) is -1.19. The maximum absolute atomic E-state index is 14.5. The zero-order valence-electron chi connectivity index (χ0n) is 19.3. The third-order valence-corrected chi connectivity index (χ3v) is 6.43. The minimum Gasteiger partial charge on any atom is -0.487 e.